The zero-order valence-corrected chi connectivity index (χ0v) is 8.97. The van der Waals surface area contributed by atoms with E-state index in [1.165, 1.54) is 18.4 Å². The quantitative estimate of drug-likeness (QED) is 0.759. The molecule has 1 fully saturated rings. The first kappa shape index (κ1) is 9.54. The maximum atomic E-state index is 8.95. The van der Waals surface area contributed by atoms with E-state index in [1.807, 2.05) is 17.8 Å². The number of hydrogen-bond acceptors (Lipinski definition) is 3. The second-order valence-electron chi connectivity index (χ2n) is 3.43. The standard InChI is InChI=1S/C11H12N2S/c1-2-8-5-6-13-10(7-12)11(8)14-9-3-4-9/h5-6,9H,2-4H2,1H3. The van der Waals surface area contributed by atoms with E-state index in [0.717, 1.165) is 16.6 Å². The van der Waals surface area contributed by atoms with Crippen LogP contribution in [0.4, 0.5) is 0 Å². The molecule has 1 heterocycles. The smallest absolute Gasteiger partial charge is 0.154 e. The van der Waals surface area contributed by atoms with Crippen LogP contribution in [-0.4, -0.2) is 10.2 Å². The molecule has 1 aliphatic rings. The molecule has 3 heteroatoms. The molecule has 1 aromatic rings. The first-order chi connectivity index (χ1) is 6.85. The Bertz CT molecular complexity index is 377. The number of aryl methyl sites for hydroxylation is 1. The number of nitriles is 1. The van der Waals surface area contributed by atoms with Gasteiger partial charge in [-0.1, -0.05) is 6.92 Å². The predicted molar refractivity (Wildman–Crippen MR) is 57.2 cm³/mol. The minimum Gasteiger partial charge on any atom is -0.244 e. The van der Waals surface area contributed by atoms with Gasteiger partial charge in [-0.2, -0.15) is 5.26 Å². The van der Waals surface area contributed by atoms with Crippen LogP contribution < -0.4 is 0 Å². The Labute approximate surface area is 88.4 Å². The third-order valence-corrected chi connectivity index (χ3v) is 3.78. The van der Waals surface area contributed by atoms with Crippen molar-refractivity contribution in [2.75, 3.05) is 0 Å². The summed E-state index contributed by atoms with van der Waals surface area (Å²) in [5.41, 5.74) is 1.86. The van der Waals surface area contributed by atoms with Crippen LogP contribution in [0.15, 0.2) is 17.2 Å². The second-order valence-corrected chi connectivity index (χ2v) is 4.74. The summed E-state index contributed by atoms with van der Waals surface area (Å²) < 4.78 is 0. The molecule has 0 aromatic carbocycles. The minimum absolute atomic E-state index is 0.598. The molecule has 0 amide bonds. The summed E-state index contributed by atoms with van der Waals surface area (Å²) in [6.07, 6.45) is 5.28. The minimum atomic E-state index is 0.598. The van der Waals surface area contributed by atoms with Crippen LogP contribution in [0.3, 0.4) is 0 Å². The Balaban J connectivity index is 2.35. The van der Waals surface area contributed by atoms with Crippen molar-refractivity contribution in [2.45, 2.75) is 36.3 Å². The molecule has 1 saturated carbocycles. The highest BCUT2D eigenvalue weighted by Crippen LogP contribution is 2.41. The van der Waals surface area contributed by atoms with Crippen LogP contribution in [0.5, 0.6) is 0 Å². The molecule has 2 rings (SSSR count). The number of hydrogen-bond donors (Lipinski definition) is 0. The number of pyridine rings is 1. The van der Waals surface area contributed by atoms with E-state index < -0.39 is 0 Å². The van der Waals surface area contributed by atoms with Gasteiger partial charge in [0.15, 0.2) is 5.69 Å². The highest BCUT2D eigenvalue weighted by Gasteiger charge is 2.25. The molecule has 0 bridgehead atoms. The van der Waals surface area contributed by atoms with Gasteiger partial charge in [-0.3, -0.25) is 0 Å². The highest BCUT2D eigenvalue weighted by atomic mass is 32.2. The molecule has 72 valence electrons. The largest absolute Gasteiger partial charge is 0.244 e. The lowest BCUT2D eigenvalue weighted by Gasteiger charge is -2.07. The van der Waals surface area contributed by atoms with E-state index in [9.17, 15) is 0 Å². The van der Waals surface area contributed by atoms with Gasteiger partial charge < -0.3 is 0 Å². The fourth-order valence-electron chi connectivity index (χ4n) is 1.33. The first-order valence-electron chi connectivity index (χ1n) is 4.89. The number of aromatic nitrogens is 1. The van der Waals surface area contributed by atoms with Crippen LogP contribution in [0.2, 0.25) is 0 Å². The molecule has 14 heavy (non-hydrogen) atoms. The van der Waals surface area contributed by atoms with Crippen LogP contribution in [0.25, 0.3) is 0 Å². The molecule has 1 aromatic heterocycles. The fraction of sp³-hybridized carbons (Fsp3) is 0.455. The molecule has 0 saturated heterocycles. The van der Waals surface area contributed by atoms with Crippen molar-refractivity contribution in [2.24, 2.45) is 0 Å². The van der Waals surface area contributed by atoms with Crippen LogP contribution in [0.1, 0.15) is 31.0 Å². The Kier molecular flexibility index (Phi) is 2.74. The third kappa shape index (κ3) is 1.91. The van der Waals surface area contributed by atoms with Crippen LogP contribution >= 0.6 is 11.8 Å². The lowest BCUT2D eigenvalue weighted by molar-refractivity contribution is 1.03. The maximum absolute atomic E-state index is 8.95. The van der Waals surface area contributed by atoms with Gasteiger partial charge in [0.05, 0.1) is 0 Å². The van der Waals surface area contributed by atoms with Crippen LogP contribution in [-0.2, 0) is 6.42 Å². The molecule has 1 aliphatic carbocycles. The second kappa shape index (κ2) is 4.02. The molecule has 0 N–H and O–H groups in total. The van der Waals surface area contributed by atoms with Crippen molar-refractivity contribution < 1.29 is 0 Å². The van der Waals surface area contributed by atoms with E-state index in [-0.39, 0.29) is 0 Å². The molecular formula is C11H12N2S. The van der Waals surface area contributed by atoms with Crippen molar-refractivity contribution in [3.8, 4) is 6.07 Å². The van der Waals surface area contributed by atoms with Crippen molar-refractivity contribution in [3.63, 3.8) is 0 Å². The first-order valence-corrected chi connectivity index (χ1v) is 5.77. The molecule has 0 aliphatic heterocycles. The van der Waals surface area contributed by atoms with Crippen molar-refractivity contribution in [3.05, 3.63) is 23.5 Å². The number of rotatable bonds is 3. The van der Waals surface area contributed by atoms with Gasteiger partial charge >= 0.3 is 0 Å². The SMILES string of the molecule is CCc1ccnc(C#N)c1SC1CC1. The van der Waals surface area contributed by atoms with Crippen molar-refractivity contribution >= 4 is 11.8 Å². The Morgan fingerprint density at radius 2 is 2.43 bits per heavy atom. The molecular weight excluding hydrogens is 192 g/mol. The van der Waals surface area contributed by atoms with Gasteiger partial charge in [0, 0.05) is 16.3 Å². The Morgan fingerprint density at radius 1 is 1.64 bits per heavy atom. The highest BCUT2D eigenvalue weighted by molar-refractivity contribution is 8.00. The molecule has 0 unspecified atom stereocenters. The van der Waals surface area contributed by atoms with Gasteiger partial charge in [0.25, 0.3) is 0 Å². The average Bonchev–Trinajstić information content (AvgIpc) is 3.02. The van der Waals surface area contributed by atoms with Gasteiger partial charge in [0.2, 0.25) is 0 Å². The third-order valence-electron chi connectivity index (χ3n) is 2.28. The fourth-order valence-corrected chi connectivity index (χ4v) is 2.61. The average molecular weight is 204 g/mol. The maximum Gasteiger partial charge on any atom is 0.154 e. The van der Waals surface area contributed by atoms with E-state index in [1.54, 1.807) is 6.20 Å². The lowest BCUT2D eigenvalue weighted by atomic mass is 10.2. The summed E-state index contributed by atoms with van der Waals surface area (Å²) in [5.74, 6) is 0. The summed E-state index contributed by atoms with van der Waals surface area (Å²) in [7, 11) is 0. The van der Waals surface area contributed by atoms with Gasteiger partial charge in [0.1, 0.15) is 6.07 Å². The zero-order valence-electron chi connectivity index (χ0n) is 8.16. The molecule has 0 radical (unpaired) electrons. The summed E-state index contributed by atoms with van der Waals surface area (Å²) >= 11 is 1.83. The Hall–Kier alpha value is -1.01. The number of thioether (sulfide) groups is 1. The molecule has 0 spiro atoms. The Morgan fingerprint density at radius 3 is 3.00 bits per heavy atom. The topological polar surface area (TPSA) is 36.7 Å². The van der Waals surface area contributed by atoms with Gasteiger partial charge in [-0.05, 0) is 30.9 Å². The lowest BCUT2D eigenvalue weighted by Crippen LogP contribution is -1.94. The van der Waals surface area contributed by atoms with E-state index >= 15 is 0 Å². The van der Waals surface area contributed by atoms with Crippen molar-refractivity contribution in [1.82, 2.24) is 4.98 Å². The number of nitrogens with zero attached hydrogens (tertiary/aromatic N) is 2. The van der Waals surface area contributed by atoms with E-state index in [0.29, 0.717) is 5.69 Å². The van der Waals surface area contributed by atoms with Crippen molar-refractivity contribution in [1.29, 1.82) is 5.26 Å². The molecule has 2 nitrogen and oxygen atoms in total. The monoisotopic (exact) mass is 204 g/mol. The van der Waals surface area contributed by atoms with Gasteiger partial charge in [-0.15, -0.1) is 11.8 Å². The zero-order chi connectivity index (χ0) is 9.97. The summed E-state index contributed by atoms with van der Waals surface area (Å²) in [6.45, 7) is 2.12. The van der Waals surface area contributed by atoms with E-state index in [2.05, 4.69) is 18.0 Å². The van der Waals surface area contributed by atoms with Gasteiger partial charge in [-0.25, -0.2) is 4.98 Å². The predicted octanol–water partition coefficient (Wildman–Crippen LogP) is 2.77. The van der Waals surface area contributed by atoms with E-state index in [4.69, 9.17) is 5.26 Å². The summed E-state index contributed by atoms with van der Waals surface area (Å²) in [6, 6.07) is 4.19. The summed E-state index contributed by atoms with van der Waals surface area (Å²) in [5, 5.41) is 9.68. The summed E-state index contributed by atoms with van der Waals surface area (Å²) in [4.78, 5) is 5.22. The normalized spacial score (nSPS) is 15.1. The molecule has 0 atom stereocenters. The van der Waals surface area contributed by atoms with Crippen LogP contribution in [0, 0.1) is 11.3 Å².